The molecule has 3 aromatic carbocycles. The second-order valence-electron chi connectivity index (χ2n) is 7.21. The highest BCUT2D eigenvalue weighted by Crippen LogP contribution is 2.38. The Morgan fingerprint density at radius 1 is 0.903 bits per heavy atom. The van der Waals surface area contributed by atoms with Crippen LogP contribution >= 0.6 is 12.2 Å². The van der Waals surface area contributed by atoms with Gasteiger partial charge < -0.3 is 10.0 Å². The van der Waals surface area contributed by atoms with Crippen molar-refractivity contribution in [1.29, 1.82) is 0 Å². The number of carbonyl (C=O) groups excluding carboxylic acids is 1. The normalized spacial score (nSPS) is 18.5. The molecule has 1 heterocycles. The maximum Gasteiger partial charge on any atom is 0.287 e. The number of carbonyl (C=O) groups is 1. The minimum atomic E-state index is -2.16. The lowest BCUT2D eigenvalue weighted by atomic mass is 9.99. The van der Waals surface area contributed by atoms with E-state index in [0.29, 0.717) is 0 Å². The molecule has 1 aliphatic rings. The van der Waals surface area contributed by atoms with Gasteiger partial charge in [-0.25, -0.2) is 0 Å². The van der Waals surface area contributed by atoms with E-state index >= 15 is 0 Å². The number of nitrogens with zero attached hydrogens (tertiary/aromatic N) is 3. The van der Waals surface area contributed by atoms with Crippen LogP contribution in [0, 0.1) is 10.1 Å². The van der Waals surface area contributed by atoms with Crippen molar-refractivity contribution < 1.29 is 14.8 Å². The molecule has 0 aliphatic carbocycles. The van der Waals surface area contributed by atoms with Crippen molar-refractivity contribution in [3.63, 3.8) is 0 Å². The van der Waals surface area contributed by atoms with E-state index < -0.39 is 16.6 Å². The van der Waals surface area contributed by atoms with Crippen LogP contribution in [-0.2, 0) is 23.6 Å². The summed E-state index contributed by atoms with van der Waals surface area (Å²) in [6.07, 6.45) is 0. The fourth-order valence-corrected chi connectivity index (χ4v) is 3.99. The predicted octanol–water partition coefficient (Wildman–Crippen LogP) is 3.57. The molecule has 1 amide bonds. The van der Waals surface area contributed by atoms with Crippen molar-refractivity contribution in [3.05, 3.63) is 112 Å². The Morgan fingerprint density at radius 2 is 1.48 bits per heavy atom. The van der Waals surface area contributed by atoms with Crippen LogP contribution in [0.4, 0.5) is 5.69 Å². The van der Waals surface area contributed by atoms with Gasteiger partial charge in [-0.1, -0.05) is 72.8 Å². The van der Waals surface area contributed by atoms with Crippen molar-refractivity contribution in [2.45, 2.75) is 18.8 Å². The molecular formula is C23H19N3O4S. The molecular weight excluding hydrogens is 414 g/mol. The van der Waals surface area contributed by atoms with Crippen molar-refractivity contribution in [2.24, 2.45) is 0 Å². The topological polar surface area (TPSA) is 86.9 Å². The average Bonchev–Trinajstić information content (AvgIpc) is 2.97. The lowest BCUT2D eigenvalue weighted by Gasteiger charge is -2.31. The fourth-order valence-electron chi connectivity index (χ4n) is 3.64. The minimum Gasteiger partial charge on any atom is -0.359 e. The smallest absolute Gasteiger partial charge is 0.287 e. The Labute approximate surface area is 184 Å². The van der Waals surface area contributed by atoms with Gasteiger partial charge in [0.1, 0.15) is 0 Å². The molecule has 1 aliphatic heterocycles. The van der Waals surface area contributed by atoms with Gasteiger partial charge in [0, 0.05) is 24.2 Å². The van der Waals surface area contributed by atoms with E-state index in [-0.39, 0.29) is 29.5 Å². The lowest BCUT2D eigenvalue weighted by Crippen LogP contribution is -2.46. The second kappa shape index (κ2) is 8.25. The van der Waals surface area contributed by atoms with Crippen molar-refractivity contribution in [1.82, 2.24) is 9.80 Å². The molecule has 0 saturated carbocycles. The fraction of sp³-hybridized carbons (Fsp3) is 0.130. The Kier molecular flexibility index (Phi) is 5.50. The maximum atomic E-state index is 13.5. The first kappa shape index (κ1) is 20.6. The van der Waals surface area contributed by atoms with Gasteiger partial charge in [-0.05, 0) is 23.3 Å². The highest BCUT2D eigenvalue weighted by atomic mass is 32.1. The molecule has 1 unspecified atom stereocenters. The first-order valence-corrected chi connectivity index (χ1v) is 10.0. The number of amides is 1. The molecule has 1 fully saturated rings. The summed E-state index contributed by atoms with van der Waals surface area (Å²) in [4.78, 5) is 27.0. The van der Waals surface area contributed by atoms with Crippen LogP contribution in [0.15, 0.2) is 84.9 Å². The van der Waals surface area contributed by atoms with E-state index in [1.54, 1.807) is 0 Å². The summed E-state index contributed by atoms with van der Waals surface area (Å²) >= 11 is 5.61. The van der Waals surface area contributed by atoms with Gasteiger partial charge in [0.25, 0.3) is 11.6 Å². The van der Waals surface area contributed by atoms with Crippen molar-refractivity contribution >= 4 is 28.9 Å². The minimum absolute atomic E-state index is 0.0977. The second-order valence-corrected chi connectivity index (χ2v) is 7.58. The first-order valence-electron chi connectivity index (χ1n) is 9.60. The maximum absolute atomic E-state index is 13.5. The van der Waals surface area contributed by atoms with Crippen molar-refractivity contribution in [2.75, 3.05) is 0 Å². The Hall–Kier alpha value is -3.62. The van der Waals surface area contributed by atoms with Gasteiger partial charge in [0.15, 0.2) is 5.11 Å². The van der Waals surface area contributed by atoms with Gasteiger partial charge in [-0.15, -0.1) is 0 Å². The number of rotatable bonds is 6. The lowest BCUT2D eigenvalue weighted by molar-refractivity contribution is -0.385. The number of benzene rings is 3. The summed E-state index contributed by atoms with van der Waals surface area (Å²) in [5.74, 6) is -0.641. The SMILES string of the molecule is O=C1N(Cc2ccccc2)C(=S)N(Cc2ccccc2)C1(O)c1cccc([N+](=O)[O-])c1. The highest BCUT2D eigenvalue weighted by molar-refractivity contribution is 7.80. The molecule has 156 valence electrons. The molecule has 1 saturated heterocycles. The summed E-state index contributed by atoms with van der Waals surface area (Å²) in [5, 5.41) is 23.1. The average molecular weight is 433 g/mol. The van der Waals surface area contributed by atoms with E-state index in [0.717, 1.165) is 11.1 Å². The third kappa shape index (κ3) is 3.78. The molecule has 7 nitrogen and oxygen atoms in total. The quantitative estimate of drug-likeness (QED) is 0.363. The molecule has 4 rings (SSSR count). The summed E-state index contributed by atoms with van der Waals surface area (Å²) < 4.78 is 0. The van der Waals surface area contributed by atoms with Crippen LogP contribution in [0.2, 0.25) is 0 Å². The molecule has 8 heteroatoms. The van der Waals surface area contributed by atoms with Gasteiger partial charge in [-0.3, -0.25) is 19.8 Å². The van der Waals surface area contributed by atoms with Crippen LogP contribution in [0.25, 0.3) is 0 Å². The number of hydrogen-bond donors (Lipinski definition) is 1. The van der Waals surface area contributed by atoms with E-state index in [2.05, 4.69) is 0 Å². The molecule has 0 spiro atoms. The number of nitro groups is 1. The number of thiocarbonyl (C=S) groups is 1. The van der Waals surface area contributed by atoms with Crippen LogP contribution in [-0.4, -0.2) is 30.8 Å². The predicted molar refractivity (Wildman–Crippen MR) is 119 cm³/mol. The van der Waals surface area contributed by atoms with Gasteiger partial charge in [-0.2, -0.15) is 0 Å². The van der Waals surface area contributed by atoms with Crippen LogP contribution in [0.5, 0.6) is 0 Å². The third-order valence-electron chi connectivity index (χ3n) is 5.22. The summed E-state index contributed by atoms with van der Waals surface area (Å²) in [5.41, 5.74) is -0.594. The third-order valence-corrected chi connectivity index (χ3v) is 5.66. The molecule has 0 aromatic heterocycles. The zero-order chi connectivity index (χ0) is 22.0. The molecule has 31 heavy (non-hydrogen) atoms. The number of aliphatic hydroxyl groups is 1. The largest absolute Gasteiger partial charge is 0.359 e. The monoisotopic (exact) mass is 433 g/mol. The van der Waals surface area contributed by atoms with Crippen LogP contribution in [0.1, 0.15) is 16.7 Å². The van der Waals surface area contributed by atoms with Gasteiger partial charge >= 0.3 is 0 Å². The van der Waals surface area contributed by atoms with E-state index in [4.69, 9.17) is 12.2 Å². The zero-order valence-corrected chi connectivity index (χ0v) is 17.2. The molecule has 0 radical (unpaired) electrons. The first-order chi connectivity index (χ1) is 14.9. The Morgan fingerprint density at radius 3 is 2.06 bits per heavy atom. The van der Waals surface area contributed by atoms with Crippen LogP contribution < -0.4 is 0 Å². The molecule has 3 aromatic rings. The Balaban J connectivity index is 1.78. The molecule has 1 atom stereocenters. The zero-order valence-electron chi connectivity index (χ0n) is 16.4. The number of hydrogen-bond acceptors (Lipinski definition) is 5. The summed E-state index contributed by atoms with van der Waals surface area (Å²) in [6, 6.07) is 24.1. The van der Waals surface area contributed by atoms with Gasteiger partial charge in [0.05, 0.1) is 11.5 Å². The molecule has 1 N–H and O–H groups in total. The number of nitro benzene ring substituents is 1. The van der Waals surface area contributed by atoms with Gasteiger partial charge in [0.2, 0.25) is 5.72 Å². The number of non-ortho nitro benzene ring substituents is 1. The Bertz CT molecular complexity index is 1140. The van der Waals surface area contributed by atoms with E-state index in [9.17, 15) is 20.0 Å². The van der Waals surface area contributed by atoms with Crippen LogP contribution in [0.3, 0.4) is 0 Å². The summed E-state index contributed by atoms with van der Waals surface area (Å²) in [7, 11) is 0. The van der Waals surface area contributed by atoms with Crippen molar-refractivity contribution in [3.8, 4) is 0 Å². The highest BCUT2D eigenvalue weighted by Gasteiger charge is 2.56. The van der Waals surface area contributed by atoms with E-state index in [1.165, 1.54) is 34.1 Å². The molecule has 0 bridgehead atoms. The van der Waals surface area contributed by atoms with E-state index in [1.807, 2.05) is 60.7 Å². The standard InChI is InChI=1S/C23H19N3O4S/c27-21-23(28,19-12-7-13-20(14-19)26(29)30)25(16-18-10-5-2-6-11-18)22(31)24(21)15-17-8-3-1-4-9-17/h1-14,28H,15-16H2. The summed E-state index contributed by atoms with van der Waals surface area (Å²) in [6.45, 7) is 0.344.